The van der Waals surface area contributed by atoms with E-state index in [0.717, 1.165) is 11.1 Å². The normalized spacial score (nSPS) is 24.6. The molecular weight excluding hydrogens is 342 g/mol. The van der Waals surface area contributed by atoms with Crippen molar-refractivity contribution in [1.82, 2.24) is 0 Å². The van der Waals surface area contributed by atoms with Gasteiger partial charge in [-0.3, -0.25) is 0 Å². The molecule has 1 fully saturated rings. The first-order valence-corrected chi connectivity index (χ1v) is 9.14. The summed E-state index contributed by atoms with van der Waals surface area (Å²) >= 11 is 0. The highest BCUT2D eigenvalue weighted by Crippen LogP contribution is 2.29. The third-order valence-electron chi connectivity index (χ3n) is 4.65. The van der Waals surface area contributed by atoms with Crippen LogP contribution in [0.25, 0.3) is 0 Å². The van der Waals surface area contributed by atoms with Crippen molar-refractivity contribution in [2.24, 2.45) is 0 Å². The van der Waals surface area contributed by atoms with Crippen LogP contribution < -0.4 is 0 Å². The Balaban J connectivity index is 1.61. The van der Waals surface area contributed by atoms with Crippen LogP contribution in [0, 0.1) is 11.3 Å². The predicted molar refractivity (Wildman–Crippen MR) is 101 cm³/mol. The second-order valence-corrected chi connectivity index (χ2v) is 6.54. The minimum Gasteiger partial charge on any atom is -0.376 e. The molecule has 142 valence electrons. The minimum atomic E-state index is -0.314. The number of ether oxygens (including phenoxy) is 4. The number of nitriles is 1. The molecule has 2 aromatic rings. The van der Waals surface area contributed by atoms with Crippen molar-refractivity contribution in [3.63, 3.8) is 0 Å². The van der Waals surface area contributed by atoms with Crippen molar-refractivity contribution in [3.05, 3.63) is 71.8 Å². The van der Waals surface area contributed by atoms with Crippen molar-refractivity contribution in [1.29, 1.82) is 5.26 Å². The molecule has 2 aromatic carbocycles. The minimum absolute atomic E-state index is 0.263. The Labute approximate surface area is 160 Å². The number of rotatable bonds is 9. The molecule has 1 aliphatic heterocycles. The Morgan fingerprint density at radius 1 is 0.889 bits per heavy atom. The summed E-state index contributed by atoms with van der Waals surface area (Å²) in [6, 6.07) is 22.1. The van der Waals surface area contributed by atoms with Crippen LogP contribution in [0.2, 0.25) is 0 Å². The maximum Gasteiger partial charge on any atom is 0.115 e. The lowest BCUT2D eigenvalue weighted by Crippen LogP contribution is -2.38. The van der Waals surface area contributed by atoms with Crippen molar-refractivity contribution < 1.29 is 18.9 Å². The summed E-state index contributed by atoms with van der Waals surface area (Å²) in [5, 5.41) is 9.09. The van der Waals surface area contributed by atoms with Gasteiger partial charge in [0.05, 0.1) is 38.4 Å². The Morgan fingerprint density at radius 3 is 2.11 bits per heavy atom. The van der Waals surface area contributed by atoms with E-state index in [4.69, 9.17) is 24.2 Å². The van der Waals surface area contributed by atoms with Crippen LogP contribution in [0.1, 0.15) is 17.5 Å². The van der Waals surface area contributed by atoms with E-state index < -0.39 is 0 Å². The second-order valence-electron chi connectivity index (χ2n) is 6.54. The van der Waals surface area contributed by atoms with Gasteiger partial charge in [-0.2, -0.15) is 5.26 Å². The Hall–Kier alpha value is -2.23. The van der Waals surface area contributed by atoms with Gasteiger partial charge in [0.25, 0.3) is 0 Å². The van der Waals surface area contributed by atoms with Crippen LogP contribution in [0.3, 0.4) is 0 Å². The zero-order valence-electron chi connectivity index (χ0n) is 15.5. The van der Waals surface area contributed by atoms with Gasteiger partial charge < -0.3 is 18.9 Å². The van der Waals surface area contributed by atoms with Gasteiger partial charge in [-0.1, -0.05) is 60.7 Å². The lowest BCUT2D eigenvalue weighted by atomic mass is 10.1. The average molecular weight is 367 g/mol. The molecule has 1 heterocycles. The van der Waals surface area contributed by atoms with E-state index in [9.17, 15) is 0 Å². The molecule has 0 spiro atoms. The molecule has 0 aromatic heterocycles. The molecule has 0 bridgehead atoms. The predicted octanol–water partition coefficient (Wildman–Crippen LogP) is 3.48. The lowest BCUT2D eigenvalue weighted by molar-refractivity contribution is -0.0804. The standard InChI is InChI=1S/C22H25NO4/c1-24-21-19(12-13-23)27-20(16-25-14-17-8-4-2-5-9-17)22(21)26-15-18-10-6-3-7-11-18/h2-11,19-22H,12,14-16H2,1H3/t19?,20-,21+,22-/m1/s1. The van der Waals surface area contributed by atoms with Crippen molar-refractivity contribution >= 4 is 0 Å². The van der Waals surface area contributed by atoms with Crippen molar-refractivity contribution in [3.8, 4) is 6.07 Å². The summed E-state index contributed by atoms with van der Waals surface area (Å²) in [5.41, 5.74) is 2.19. The molecule has 0 saturated carbocycles. The van der Waals surface area contributed by atoms with Crippen LogP contribution in [0.5, 0.6) is 0 Å². The first-order valence-electron chi connectivity index (χ1n) is 9.14. The van der Waals surface area contributed by atoms with Crippen molar-refractivity contribution in [2.45, 2.75) is 44.1 Å². The van der Waals surface area contributed by atoms with E-state index in [1.807, 2.05) is 60.7 Å². The van der Waals surface area contributed by atoms with E-state index in [1.165, 1.54) is 0 Å². The van der Waals surface area contributed by atoms with Gasteiger partial charge in [0, 0.05) is 7.11 Å². The topological polar surface area (TPSA) is 60.7 Å². The highest BCUT2D eigenvalue weighted by molar-refractivity contribution is 5.14. The maximum absolute atomic E-state index is 9.09. The summed E-state index contributed by atoms with van der Waals surface area (Å²) < 4.78 is 23.7. The molecule has 1 aliphatic rings. The Morgan fingerprint density at radius 2 is 1.52 bits per heavy atom. The molecule has 1 saturated heterocycles. The van der Waals surface area contributed by atoms with Gasteiger partial charge in [-0.25, -0.2) is 0 Å². The highest BCUT2D eigenvalue weighted by Gasteiger charge is 2.45. The quantitative estimate of drug-likeness (QED) is 0.679. The van der Waals surface area contributed by atoms with Crippen LogP contribution in [0.4, 0.5) is 0 Å². The van der Waals surface area contributed by atoms with Crippen LogP contribution in [-0.2, 0) is 32.2 Å². The molecular formula is C22H25NO4. The zero-order chi connectivity index (χ0) is 18.9. The largest absolute Gasteiger partial charge is 0.376 e. The molecule has 3 rings (SSSR count). The molecule has 0 amide bonds. The third kappa shape index (κ3) is 5.38. The molecule has 5 nitrogen and oxygen atoms in total. The molecule has 4 atom stereocenters. The van der Waals surface area contributed by atoms with Gasteiger partial charge in [0.1, 0.15) is 18.3 Å². The molecule has 0 N–H and O–H groups in total. The molecule has 0 radical (unpaired) electrons. The highest BCUT2D eigenvalue weighted by atomic mass is 16.6. The summed E-state index contributed by atoms with van der Waals surface area (Å²) in [6.45, 7) is 1.35. The number of hydrogen-bond donors (Lipinski definition) is 0. The second kappa shape index (κ2) is 10.2. The van der Waals surface area contributed by atoms with Gasteiger partial charge in [0.15, 0.2) is 0 Å². The summed E-state index contributed by atoms with van der Waals surface area (Å²) in [7, 11) is 1.63. The molecule has 0 aliphatic carbocycles. The van der Waals surface area contributed by atoms with Gasteiger partial charge in [0.2, 0.25) is 0 Å². The van der Waals surface area contributed by atoms with E-state index in [0.29, 0.717) is 19.8 Å². The number of hydrogen-bond acceptors (Lipinski definition) is 5. The van der Waals surface area contributed by atoms with Crippen molar-refractivity contribution in [2.75, 3.05) is 13.7 Å². The number of methoxy groups -OCH3 is 1. The number of nitrogens with zero attached hydrogens (tertiary/aromatic N) is 1. The first kappa shape index (κ1) is 19.5. The third-order valence-corrected chi connectivity index (χ3v) is 4.65. The van der Waals surface area contributed by atoms with Crippen LogP contribution in [-0.4, -0.2) is 38.1 Å². The van der Waals surface area contributed by atoms with E-state index >= 15 is 0 Å². The van der Waals surface area contributed by atoms with Gasteiger partial charge >= 0.3 is 0 Å². The fourth-order valence-corrected chi connectivity index (χ4v) is 3.31. The smallest absolute Gasteiger partial charge is 0.115 e. The average Bonchev–Trinajstić information content (AvgIpc) is 3.04. The molecule has 1 unspecified atom stereocenters. The summed E-state index contributed by atoms with van der Waals surface area (Å²) in [6.07, 6.45) is -0.909. The monoisotopic (exact) mass is 367 g/mol. The lowest BCUT2D eigenvalue weighted by Gasteiger charge is -2.23. The summed E-state index contributed by atoms with van der Waals surface area (Å²) in [4.78, 5) is 0. The van der Waals surface area contributed by atoms with Crippen LogP contribution in [0.15, 0.2) is 60.7 Å². The Kier molecular flexibility index (Phi) is 7.37. The SMILES string of the molecule is CO[C@H]1C(CC#N)O[C@H](COCc2ccccc2)[C@H]1OCc1ccccc1. The summed E-state index contributed by atoms with van der Waals surface area (Å²) in [5.74, 6) is 0. The molecule has 5 heteroatoms. The number of benzene rings is 2. The Bertz CT molecular complexity index is 716. The van der Waals surface area contributed by atoms with E-state index in [1.54, 1.807) is 7.11 Å². The fraction of sp³-hybridized carbons (Fsp3) is 0.409. The van der Waals surface area contributed by atoms with E-state index in [2.05, 4.69) is 6.07 Å². The molecule has 27 heavy (non-hydrogen) atoms. The van der Waals surface area contributed by atoms with E-state index in [-0.39, 0.29) is 30.8 Å². The van der Waals surface area contributed by atoms with Crippen LogP contribution >= 0.6 is 0 Å². The van der Waals surface area contributed by atoms with Gasteiger partial charge in [-0.15, -0.1) is 0 Å². The zero-order valence-corrected chi connectivity index (χ0v) is 15.5. The maximum atomic E-state index is 9.09. The van der Waals surface area contributed by atoms with Gasteiger partial charge in [-0.05, 0) is 11.1 Å². The first-order chi connectivity index (χ1) is 13.3. The fourth-order valence-electron chi connectivity index (χ4n) is 3.31.